The molecular formula is C9H14O. The third-order valence-corrected chi connectivity index (χ3v) is 2.78. The zero-order valence-electron chi connectivity index (χ0n) is 6.21. The summed E-state index contributed by atoms with van der Waals surface area (Å²) < 4.78 is 0. The fourth-order valence-corrected chi connectivity index (χ4v) is 2.21. The number of fused-ring (bicyclic) bond motifs is 1. The van der Waals surface area contributed by atoms with Crippen molar-refractivity contribution in [1.29, 1.82) is 0 Å². The second kappa shape index (κ2) is 2.39. The lowest BCUT2D eigenvalue weighted by Gasteiger charge is -2.17. The van der Waals surface area contributed by atoms with E-state index in [9.17, 15) is 5.11 Å². The lowest BCUT2D eigenvalue weighted by atomic mass is 9.90. The molecule has 2 rings (SSSR count). The summed E-state index contributed by atoms with van der Waals surface area (Å²) in [5.41, 5.74) is 1.35. The Morgan fingerprint density at radius 1 is 1.30 bits per heavy atom. The number of allylic oxidation sites excluding steroid dienone is 1. The lowest BCUT2D eigenvalue weighted by molar-refractivity contribution is 0.216. The second-order valence-electron chi connectivity index (χ2n) is 3.43. The summed E-state index contributed by atoms with van der Waals surface area (Å²) in [5.74, 6) is 0.753. The average Bonchev–Trinajstić information content (AvgIpc) is 2.34. The first-order chi connectivity index (χ1) is 4.88. The number of rotatable bonds is 0. The normalized spacial score (nSPS) is 39.1. The van der Waals surface area contributed by atoms with Crippen LogP contribution in [-0.4, -0.2) is 11.2 Å². The van der Waals surface area contributed by atoms with Gasteiger partial charge in [0.2, 0.25) is 0 Å². The number of hydrogen-bond donors (Lipinski definition) is 1. The summed E-state index contributed by atoms with van der Waals surface area (Å²) >= 11 is 0. The summed E-state index contributed by atoms with van der Waals surface area (Å²) in [7, 11) is 0. The highest BCUT2D eigenvalue weighted by molar-refractivity contribution is 5.18. The van der Waals surface area contributed by atoms with Crippen LogP contribution in [0.4, 0.5) is 0 Å². The van der Waals surface area contributed by atoms with Crippen molar-refractivity contribution in [3.63, 3.8) is 0 Å². The van der Waals surface area contributed by atoms with Gasteiger partial charge in [-0.05, 0) is 43.6 Å². The molecule has 0 amide bonds. The molecule has 0 aliphatic heterocycles. The van der Waals surface area contributed by atoms with Crippen LogP contribution in [0.3, 0.4) is 0 Å². The monoisotopic (exact) mass is 138 g/mol. The predicted molar refractivity (Wildman–Crippen MR) is 40.7 cm³/mol. The van der Waals surface area contributed by atoms with Crippen molar-refractivity contribution in [2.75, 3.05) is 0 Å². The molecule has 2 atom stereocenters. The van der Waals surface area contributed by atoms with E-state index in [0.29, 0.717) is 0 Å². The third kappa shape index (κ3) is 0.891. The summed E-state index contributed by atoms with van der Waals surface area (Å²) in [5, 5.41) is 9.46. The van der Waals surface area contributed by atoms with E-state index < -0.39 is 0 Å². The first-order valence-corrected chi connectivity index (χ1v) is 4.26. The van der Waals surface area contributed by atoms with Gasteiger partial charge in [-0.2, -0.15) is 0 Å². The zero-order chi connectivity index (χ0) is 6.97. The molecule has 0 aromatic carbocycles. The number of aliphatic hydroxyl groups is 1. The van der Waals surface area contributed by atoms with Gasteiger partial charge in [-0.3, -0.25) is 0 Å². The Labute approximate surface area is 61.8 Å². The van der Waals surface area contributed by atoms with E-state index >= 15 is 0 Å². The van der Waals surface area contributed by atoms with Crippen molar-refractivity contribution in [3.8, 4) is 0 Å². The quantitative estimate of drug-likeness (QED) is 0.507. The lowest BCUT2D eigenvalue weighted by Crippen LogP contribution is -2.09. The van der Waals surface area contributed by atoms with Crippen molar-refractivity contribution in [2.24, 2.45) is 5.92 Å². The van der Waals surface area contributed by atoms with E-state index in [1.54, 1.807) is 0 Å². The largest absolute Gasteiger partial charge is 0.389 e. The molecule has 56 valence electrons. The van der Waals surface area contributed by atoms with Crippen LogP contribution in [0.2, 0.25) is 0 Å². The van der Waals surface area contributed by atoms with Crippen LogP contribution in [0.25, 0.3) is 0 Å². The van der Waals surface area contributed by atoms with Gasteiger partial charge in [0, 0.05) is 0 Å². The minimum Gasteiger partial charge on any atom is -0.389 e. The minimum absolute atomic E-state index is 0.0784. The van der Waals surface area contributed by atoms with Crippen molar-refractivity contribution in [2.45, 2.75) is 38.2 Å². The maximum absolute atomic E-state index is 9.46. The fraction of sp³-hybridized carbons (Fsp3) is 0.778. The first kappa shape index (κ1) is 6.41. The molecule has 2 aliphatic carbocycles. The predicted octanol–water partition coefficient (Wildman–Crippen LogP) is 1.87. The smallest absolute Gasteiger partial charge is 0.0753 e. The van der Waals surface area contributed by atoms with Gasteiger partial charge in [0.25, 0.3) is 0 Å². The highest BCUT2D eigenvalue weighted by atomic mass is 16.3. The fourth-order valence-electron chi connectivity index (χ4n) is 2.21. The van der Waals surface area contributed by atoms with Crippen LogP contribution in [0.1, 0.15) is 32.1 Å². The number of hydrogen-bond acceptors (Lipinski definition) is 1. The van der Waals surface area contributed by atoms with Crippen LogP contribution < -0.4 is 0 Å². The highest BCUT2D eigenvalue weighted by Crippen LogP contribution is 2.38. The van der Waals surface area contributed by atoms with Crippen LogP contribution >= 0.6 is 0 Å². The Hall–Kier alpha value is -0.300. The topological polar surface area (TPSA) is 20.2 Å². The van der Waals surface area contributed by atoms with Crippen molar-refractivity contribution >= 4 is 0 Å². The van der Waals surface area contributed by atoms with Gasteiger partial charge in [0.05, 0.1) is 6.10 Å². The van der Waals surface area contributed by atoms with Crippen molar-refractivity contribution < 1.29 is 5.11 Å². The molecular weight excluding hydrogens is 124 g/mol. The molecule has 0 bridgehead atoms. The molecule has 0 radical (unpaired) electrons. The van der Waals surface area contributed by atoms with Crippen molar-refractivity contribution in [1.82, 2.24) is 0 Å². The molecule has 2 aliphatic rings. The average molecular weight is 138 g/mol. The molecule has 0 aromatic rings. The van der Waals surface area contributed by atoms with Crippen LogP contribution in [0, 0.1) is 5.92 Å². The molecule has 0 aromatic heterocycles. The van der Waals surface area contributed by atoms with Crippen LogP contribution in [0.5, 0.6) is 0 Å². The molecule has 0 heterocycles. The molecule has 1 nitrogen and oxygen atoms in total. The summed E-state index contributed by atoms with van der Waals surface area (Å²) in [6, 6.07) is 0. The van der Waals surface area contributed by atoms with Gasteiger partial charge in [-0.1, -0.05) is 6.08 Å². The molecule has 0 spiro atoms. The molecule has 2 unspecified atom stereocenters. The SMILES string of the molecule is OC1CCC2CCCC=C12. The van der Waals surface area contributed by atoms with Crippen LogP contribution in [-0.2, 0) is 0 Å². The molecule has 1 saturated carbocycles. The van der Waals surface area contributed by atoms with Gasteiger partial charge in [0.15, 0.2) is 0 Å². The molecule has 0 saturated heterocycles. The summed E-state index contributed by atoms with van der Waals surface area (Å²) in [4.78, 5) is 0. The maximum Gasteiger partial charge on any atom is 0.0753 e. The Morgan fingerprint density at radius 2 is 2.20 bits per heavy atom. The standard InChI is InChI=1S/C9H14O/c10-9-6-5-7-3-1-2-4-8(7)9/h4,7,9-10H,1-3,5-6H2. The van der Waals surface area contributed by atoms with Gasteiger partial charge in [-0.25, -0.2) is 0 Å². The third-order valence-electron chi connectivity index (χ3n) is 2.78. The van der Waals surface area contributed by atoms with Gasteiger partial charge in [0.1, 0.15) is 0 Å². The Balaban J connectivity index is 2.19. The van der Waals surface area contributed by atoms with E-state index in [4.69, 9.17) is 0 Å². The Morgan fingerprint density at radius 3 is 3.00 bits per heavy atom. The minimum atomic E-state index is -0.0784. The summed E-state index contributed by atoms with van der Waals surface area (Å²) in [6.07, 6.45) is 8.27. The maximum atomic E-state index is 9.46. The van der Waals surface area contributed by atoms with E-state index in [-0.39, 0.29) is 6.10 Å². The van der Waals surface area contributed by atoms with Gasteiger partial charge >= 0.3 is 0 Å². The molecule has 1 N–H and O–H groups in total. The van der Waals surface area contributed by atoms with E-state index in [1.807, 2.05) is 0 Å². The summed E-state index contributed by atoms with van der Waals surface area (Å²) in [6.45, 7) is 0. The Bertz CT molecular complexity index is 160. The number of aliphatic hydroxyl groups excluding tert-OH is 1. The van der Waals surface area contributed by atoms with Gasteiger partial charge in [-0.15, -0.1) is 0 Å². The zero-order valence-corrected chi connectivity index (χ0v) is 6.21. The molecule has 1 fully saturated rings. The second-order valence-corrected chi connectivity index (χ2v) is 3.43. The first-order valence-electron chi connectivity index (χ1n) is 4.26. The molecule has 1 heteroatoms. The Kier molecular flexibility index (Phi) is 1.53. The van der Waals surface area contributed by atoms with Crippen molar-refractivity contribution in [3.05, 3.63) is 11.6 Å². The van der Waals surface area contributed by atoms with Gasteiger partial charge < -0.3 is 5.11 Å². The molecule has 10 heavy (non-hydrogen) atoms. The van der Waals surface area contributed by atoms with Crippen LogP contribution in [0.15, 0.2) is 11.6 Å². The van der Waals surface area contributed by atoms with E-state index in [0.717, 1.165) is 12.3 Å². The highest BCUT2D eigenvalue weighted by Gasteiger charge is 2.29. The van der Waals surface area contributed by atoms with E-state index in [2.05, 4.69) is 6.08 Å². The van der Waals surface area contributed by atoms with E-state index in [1.165, 1.54) is 31.3 Å².